The van der Waals surface area contributed by atoms with Gasteiger partial charge in [0.25, 0.3) is 0 Å². The van der Waals surface area contributed by atoms with Crippen molar-refractivity contribution in [1.82, 2.24) is 5.32 Å². The van der Waals surface area contributed by atoms with Crippen LogP contribution in [0.1, 0.15) is 40.5 Å². The van der Waals surface area contributed by atoms with Crippen molar-refractivity contribution >= 4 is 0 Å². The van der Waals surface area contributed by atoms with E-state index >= 15 is 0 Å². The molecule has 3 unspecified atom stereocenters. The Bertz CT molecular complexity index is 171. The van der Waals surface area contributed by atoms with Crippen LogP contribution in [-0.4, -0.2) is 18.8 Å². The van der Waals surface area contributed by atoms with Gasteiger partial charge in [-0.05, 0) is 38.1 Å². The first-order valence-corrected chi connectivity index (χ1v) is 5.86. The summed E-state index contributed by atoms with van der Waals surface area (Å²) in [7, 11) is 0. The van der Waals surface area contributed by atoms with Crippen molar-refractivity contribution in [3.63, 3.8) is 0 Å². The minimum atomic E-state index is -1.01. The summed E-state index contributed by atoms with van der Waals surface area (Å²) >= 11 is 0. The van der Waals surface area contributed by atoms with E-state index in [4.69, 9.17) is 0 Å². The van der Waals surface area contributed by atoms with Crippen LogP contribution in [0.2, 0.25) is 0 Å². The van der Waals surface area contributed by atoms with Crippen molar-refractivity contribution < 1.29 is 4.39 Å². The van der Waals surface area contributed by atoms with E-state index < -0.39 is 5.67 Å². The van der Waals surface area contributed by atoms with E-state index in [1.165, 1.54) is 0 Å². The molecular weight excluding hydrogens is 177 g/mol. The van der Waals surface area contributed by atoms with Crippen molar-refractivity contribution in [2.75, 3.05) is 13.1 Å². The number of halogens is 1. The molecule has 0 aliphatic carbocycles. The Labute approximate surface area is 87.5 Å². The summed E-state index contributed by atoms with van der Waals surface area (Å²) in [6.45, 7) is 9.96. The predicted octanol–water partition coefficient (Wildman–Crippen LogP) is 3.01. The zero-order valence-corrected chi connectivity index (χ0v) is 9.94. The van der Waals surface area contributed by atoms with E-state index in [0.29, 0.717) is 5.92 Å². The maximum absolute atomic E-state index is 14.6. The largest absolute Gasteiger partial charge is 0.316 e. The van der Waals surface area contributed by atoms with Gasteiger partial charge in [-0.3, -0.25) is 0 Å². The molecule has 0 aromatic heterocycles. The van der Waals surface area contributed by atoms with Crippen LogP contribution in [0.25, 0.3) is 0 Å². The highest BCUT2D eigenvalue weighted by Crippen LogP contribution is 2.37. The molecule has 1 N–H and O–H groups in total. The molecule has 1 aliphatic heterocycles. The van der Waals surface area contributed by atoms with Crippen molar-refractivity contribution in [1.29, 1.82) is 0 Å². The summed E-state index contributed by atoms with van der Waals surface area (Å²) < 4.78 is 14.6. The van der Waals surface area contributed by atoms with Crippen molar-refractivity contribution in [2.24, 2.45) is 17.8 Å². The Hall–Kier alpha value is -0.110. The van der Waals surface area contributed by atoms with E-state index in [1.54, 1.807) is 6.92 Å². The van der Waals surface area contributed by atoms with Crippen LogP contribution < -0.4 is 5.32 Å². The molecule has 2 heteroatoms. The summed E-state index contributed by atoms with van der Waals surface area (Å²) in [5.74, 6) is 0.771. The quantitative estimate of drug-likeness (QED) is 0.740. The average molecular weight is 201 g/mol. The van der Waals surface area contributed by atoms with Gasteiger partial charge in [0, 0.05) is 12.5 Å². The molecule has 1 rings (SSSR count). The van der Waals surface area contributed by atoms with Crippen LogP contribution in [-0.2, 0) is 0 Å². The first-order valence-electron chi connectivity index (χ1n) is 5.86. The molecule has 0 aromatic rings. The van der Waals surface area contributed by atoms with E-state index in [1.807, 2.05) is 6.92 Å². The number of rotatable bonds is 3. The molecule has 1 nitrogen and oxygen atoms in total. The van der Waals surface area contributed by atoms with Crippen LogP contribution in [0, 0.1) is 17.8 Å². The van der Waals surface area contributed by atoms with Gasteiger partial charge in [-0.1, -0.05) is 20.8 Å². The number of hydrogen-bond acceptors (Lipinski definition) is 1. The lowest BCUT2D eigenvalue weighted by molar-refractivity contribution is 0.00898. The second-order valence-corrected chi connectivity index (χ2v) is 5.23. The molecule has 0 radical (unpaired) electrons. The molecule has 0 saturated carbocycles. The molecule has 0 spiro atoms. The van der Waals surface area contributed by atoms with Crippen LogP contribution >= 0.6 is 0 Å². The topological polar surface area (TPSA) is 12.0 Å². The fourth-order valence-electron chi connectivity index (χ4n) is 2.36. The monoisotopic (exact) mass is 201 g/mol. The molecule has 1 saturated heterocycles. The lowest BCUT2D eigenvalue weighted by atomic mass is 9.73. The third kappa shape index (κ3) is 2.47. The highest BCUT2D eigenvalue weighted by molar-refractivity contribution is 4.91. The Morgan fingerprint density at radius 2 is 2.00 bits per heavy atom. The standard InChI is InChI=1S/C12H24FN/c1-9(2)10(3)12(4,13)11-6-5-7-14-8-11/h9-11,14H,5-8H2,1-4H3. The van der Waals surface area contributed by atoms with Gasteiger partial charge in [0.2, 0.25) is 0 Å². The minimum absolute atomic E-state index is 0.146. The summed E-state index contributed by atoms with van der Waals surface area (Å²) in [5.41, 5.74) is -1.01. The first kappa shape index (κ1) is 12.0. The van der Waals surface area contributed by atoms with Crippen molar-refractivity contribution in [3.8, 4) is 0 Å². The molecule has 14 heavy (non-hydrogen) atoms. The average Bonchev–Trinajstić information content (AvgIpc) is 2.18. The molecule has 1 heterocycles. The third-order valence-corrected chi connectivity index (χ3v) is 3.99. The van der Waals surface area contributed by atoms with Crippen molar-refractivity contribution in [2.45, 2.75) is 46.2 Å². The highest BCUT2D eigenvalue weighted by Gasteiger charge is 2.40. The SMILES string of the molecule is CC(C)C(C)C(C)(F)C1CCCNC1. The van der Waals surface area contributed by atoms with Gasteiger partial charge in [0.15, 0.2) is 0 Å². The van der Waals surface area contributed by atoms with Gasteiger partial charge >= 0.3 is 0 Å². The van der Waals surface area contributed by atoms with E-state index in [2.05, 4.69) is 19.2 Å². The molecule has 84 valence electrons. The molecule has 0 bridgehead atoms. The van der Waals surface area contributed by atoms with Crippen LogP contribution in [0.5, 0.6) is 0 Å². The van der Waals surface area contributed by atoms with Gasteiger partial charge in [-0.15, -0.1) is 0 Å². The van der Waals surface area contributed by atoms with E-state index in [9.17, 15) is 4.39 Å². The Balaban J connectivity index is 2.61. The highest BCUT2D eigenvalue weighted by atomic mass is 19.1. The molecular formula is C12H24FN. The Kier molecular flexibility index (Phi) is 3.94. The fourth-order valence-corrected chi connectivity index (χ4v) is 2.36. The molecule has 0 aromatic carbocycles. The summed E-state index contributed by atoms with van der Waals surface area (Å²) in [6, 6.07) is 0. The fraction of sp³-hybridized carbons (Fsp3) is 1.00. The lowest BCUT2D eigenvalue weighted by Gasteiger charge is -2.39. The lowest BCUT2D eigenvalue weighted by Crippen LogP contribution is -2.46. The summed E-state index contributed by atoms with van der Waals surface area (Å²) in [6.07, 6.45) is 2.16. The Morgan fingerprint density at radius 1 is 1.36 bits per heavy atom. The predicted molar refractivity (Wildman–Crippen MR) is 59.1 cm³/mol. The smallest absolute Gasteiger partial charge is 0.115 e. The second kappa shape index (κ2) is 4.61. The second-order valence-electron chi connectivity index (χ2n) is 5.23. The summed E-state index contributed by atoms with van der Waals surface area (Å²) in [5, 5.41) is 3.29. The third-order valence-electron chi connectivity index (χ3n) is 3.99. The maximum atomic E-state index is 14.6. The normalized spacial score (nSPS) is 30.0. The zero-order valence-electron chi connectivity index (χ0n) is 9.94. The number of hydrogen-bond donors (Lipinski definition) is 1. The maximum Gasteiger partial charge on any atom is 0.115 e. The Morgan fingerprint density at radius 3 is 2.43 bits per heavy atom. The number of piperidine rings is 1. The minimum Gasteiger partial charge on any atom is -0.316 e. The number of nitrogens with one attached hydrogen (secondary N) is 1. The van der Waals surface area contributed by atoms with Crippen LogP contribution in [0.3, 0.4) is 0 Å². The van der Waals surface area contributed by atoms with Gasteiger partial charge in [-0.25, -0.2) is 4.39 Å². The van der Waals surface area contributed by atoms with Gasteiger partial charge < -0.3 is 5.32 Å². The van der Waals surface area contributed by atoms with Gasteiger partial charge in [0.05, 0.1) is 0 Å². The first-order chi connectivity index (χ1) is 6.46. The number of alkyl halides is 1. The van der Waals surface area contributed by atoms with Crippen LogP contribution in [0.4, 0.5) is 4.39 Å². The van der Waals surface area contributed by atoms with E-state index in [0.717, 1.165) is 25.9 Å². The van der Waals surface area contributed by atoms with E-state index in [-0.39, 0.29) is 11.8 Å². The van der Waals surface area contributed by atoms with Gasteiger partial charge in [0.1, 0.15) is 5.67 Å². The molecule has 3 atom stereocenters. The molecule has 0 amide bonds. The zero-order chi connectivity index (χ0) is 10.8. The molecule has 1 fully saturated rings. The molecule has 1 aliphatic rings. The summed E-state index contributed by atoms with van der Waals surface area (Å²) in [4.78, 5) is 0. The van der Waals surface area contributed by atoms with Crippen LogP contribution in [0.15, 0.2) is 0 Å². The van der Waals surface area contributed by atoms with Gasteiger partial charge in [-0.2, -0.15) is 0 Å². The van der Waals surface area contributed by atoms with Crippen molar-refractivity contribution in [3.05, 3.63) is 0 Å².